The van der Waals surface area contributed by atoms with Gasteiger partial charge in [0.25, 0.3) is 0 Å². The number of nitrogens with one attached hydrogen (secondary N) is 1. The smallest absolute Gasteiger partial charge is 0.145 e. The lowest BCUT2D eigenvalue weighted by molar-refractivity contribution is 0.262. The van der Waals surface area contributed by atoms with E-state index in [4.69, 9.17) is 25.8 Å². The zero-order valence-corrected chi connectivity index (χ0v) is 21.7. The molecule has 1 N–H and O–H groups in total. The molecular weight excluding hydrogens is 488 g/mol. The van der Waals surface area contributed by atoms with Gasteiger partial charge in [-0.25, -0.2) is 9.97 Å². The van der Waals surface area contributed by atoms with E-state index >= 15 is 0 Å². The normalized spacial score (nSPS) is 13.6. The molecule has 37 heavy (non-hydrogen) atoms. The van der Waals surface area contributed by atoms with Crippen molar-refractivity contribution in [1.82, 2.24) is 14.9 Å². The number of hydrogen-bond acceptors (Lipinski definition) is 7. The summed E-state index contributed by atoms with van der Waals surface area (Å²) in [5.41, 5.74) is 2.50. The summed E-state index contributed by atoms with van der Waals surface area (Å²) in [6.45, 7) is 4.42. The highest BCUT2D eigenvalue weighted by Crippen LogP contribution is 2.37. The van der Waals surface area contributed by atoms with Crippen LogP contribution in [0.15, 0.2) is 67.0 Å². The molecule has 7 nitrogen and oxygen atoms in total. The summed E-state index contributed by atoms with van der Waals surface area (Å²) >= 11 is 6.47. The first-order valence-electron chi connectivity index (χ1n) is 12.6. The van der Waals surface area contributed by atoms with E-state index in [1.807, 2.05) is 54.6 Å². The van der Waals surface area contributed by atoms with Crippen LogP contribution in [-0.4, -0.2) is 48.2 Å². The molecule has 0 aliphatic carbocycles. The molecule has 0 atom stereocenters. The Hall–Kier alpha value is -3.55. The highest BCUT2D eigenvalue weighted by molar-refractivity contribution is 6.33. The van der Waals surface area contributed by atoms with Gasteiger partial charge in [-0.1, -0.05) is 41.9 Å². The van der Waals surface area contributed by atoms with E-state index in [0.717, 1.165) is 29.4 Å². The lowest BCUT2D eigenvalue weighted by atomic mass is 10.2. The lowest BCUT2D eigenvalue weighted by Gasteiger charge is -2.17. The Kier molecular flexibility index (Phi) is 8.23. The van der Waals surface area contributed by atoms with Gasteiger partial charge in [-0.05, 0) is 50.0 Å². The van der Waals surface area contributed by atoms with Gasteiger partial charge >= 0.3 is 0 Å². The number of benzene rings is 3. The number of halogens is 1. The largest absolute Gasteiger partial charge is 0.497 e. The number of methoxy groups -OCH3 is 1. The number of nitrogens with zero attached hydrogens (tertiary/aromatic N) is 3. The Morgan fingerprint density at radius 1 is 0.946 bits per heavy atom. The number of aromatic nitrogens is 2. The van der Waals surface area contributed by atoms with Crippen molar-refractivity contribution >= 4 is 34.0 Å². The zero-order valence-electron chi connectivity index (χ0n) is 21.0. The van der Waals surface area contributed by atoms with Gasteiger partial charge in [0, 0.05) is 24.7 Å². The van der Waals surface area contributed by atoms with Crippen LogP contribution >= 0.6 is 11.6 Å². The fourth-order valence-corrected chi connectivity index (χ4v) is 4.66. The van der Waals surface area contributed by atoms with Crippen LogP contribution in [0.25, 0.3) is 10.9 Å². The molecule has 1 aromatic heterocycles. The topological polar surface area (TPSA) is 68.7 Å². The molecule has 192 valence electrons. The monoisotopic (exact) mass is 518 g/mol. The molecule has 0 amide bonds. The quantitative estimate of drug-likeness (QED) is 0.228. The first-order valence-corrected chi connectivity index (χ1v) is 13.0. The van der Waals surface area contributed by atoms with Gasteiger partial charge in [0.2, 0.25) is 0 Å². The molecule has 8 heteroatoms. The van der Waals surface area contributed by atoms with Crippen molar-refractivity contribution in [3.8, 4) is 17.2 Å². The molecular formula is C29H31ClN4O3. The minimum absolute atomic E-state index is 0.455. The maximum atomic E-state index is 6.47. The van der Waals surface area contributed by atoms with Crippen LogP contribution in [0.1, 0.15) is 24.8 Å². The Bertz CT molecular complexity index is 1330. The van der Waals surface area contributed by atoms with Crippen LogP contribution in [0.2, 0.25) is 5.02 Å². The summed E-state index contributed by atoms with van der Waals surface area (Å²) in [4.78, 5) is 11.5. The van der Waals surface area contributed by atoms with E-state index in [2.05, 4.69) is 20.2 Å². The summed E-state index contributed by atoms with van der Waals surface area (Å²) in [6, 6.07) is 19.4. The molecule has 0 unspecified atom stereocenters. The molecule has 1 aliphatic rings. The summed E-state index contributed by atoms with van der Waals surface area (Å²) in [7, 11) is 1.62. The van der Waals surface area contributed by atoms with Crippen molar-refractivity contribution in [2.75, 3.05) is 38.7 Å². The molecule has 0 saturated carbocycles. The fourth-order valence-electron chi connectivity index (χ4n) is 4.49. The third-order valence-electron chi connectivity index (χ3n) is 6.43. The molecule has 0 bridgehead atoms. The third kappa shape index (κ3) is 6.42. The summed E-state index contributed by atoms with van der Waals surface area (Å²) in [5, 5.41) is 4.68. The van der Waals surface area contributed by atoms with Crippen molar-refractivity contribution in [1.29, 1.82) is 0 Å². The predicted molar refractivity (Wildman–Crippen MR) is 147 cm³/mol. The van der Waals surface area contributed by atoms with Gasteiger partial charge in [-0.2, -0.15) is 0 Å². The van der Waals surface area contributed by atoms with Gasteiger partial charge in [0.15, 0.2) is 0 Å². The van der Waals surface area contributed by atoms with Gasteiger partial charge in [0.1, 0.15) is 36.0 Å². The first-order chi connectivity index (χ1) is 18.2. The molecule has 3 aromatic carbocycles. The maximum absolute atomic E-state index is 6.47. The highest BCUT2D eigenvalue weighted by atomic mass is 35.5. The molecule has 1 aliphatic heterocycles. The Morgan fingerprint density at radius 3 is 2.59 bits per heavy atom. The van der Waals surface area contributed by atoms with E-state index in [1.54, 1.807) is 13.2 Å². The zero-order chi connectivity index (χ0) is 25.5. The lowest BCUT2D eigenvalue weighted by Crippen LogP contribution is -2.21. The van der Waals surface area contributed by atoms with Gasteiger partial charge in [0.05, 0.1) is 35.3 Å². The number of fused-ring (bicyclic) bond motifs is 1. The van der Waals surface area contributed by atoms with Crippen molar-refractivity contribution in [2.45, 2.75) is 25.9 Å². The number of anilines is 2. The molecule has 0 radical (unpaired) electrons. The van der Waals surface area contributed by atoms with E-state index < -0.39 is 0 Å². The predicted octanol–water partition coefficient (Wildman–Crippen LogP) is 6.48. The number of likely N-dealkylation sites (tertiary alicyclic amines) is 1. The SMILES string of the molecule is COc1ccc(Cl)c(Nc2ncnc3cc(OCc4ccccc4)cc(OCCCN4CCCC4)c23)c1. The van der Waals surface area contributed by atoms with Crippen molar-refractivity contribution in [2.24, 2.45) is 0 Å². The van der Waals surface area contributed by atoms with Gasteiger partial charge in [-0.3, -0.25) is 0 Å². The fraction of sp³-hybridized carbons (Fsp3) is 0.310. The molecule has 5 rings (SSSR count). The third-order valence-corrected chi connectivity index (χ3v) is 6.75. The van der Waals surface area contributed by atoms with Crippen LogP contribution in [-0.2, 0) is 6.61 Å². The number of ether oxygens (including phenoxy) is 3. The highest BCUT2D eigenvalue weighted by Gasteiger charge is 2.16. The van der Waals surface area contributed by atoms with E-state index in [1.165, 1.54) is 32.3 Å². The van der Waals surface area contributed by atoms with E-state index in [9.17, 15) is 0 Å². The Morgan fingerprint density at radius 2 is 1.78 bits per heavy atom. The number of rotatable bonds is 11. The molecule has 1 fully saturated rings. The van der Waals surface area contributed by atoms with Crippen LogP contribution in [0.3, 0.4) is 0 Å². The van der Waals surface area contributed by atoms with Crippen LogP contribution in [0.4, 0.5) is 11.5 Å². The van der Waals surface area contributed by atoms with Gasteiger partial charge < -0.3 is 24.4 Å². The van der Waals surface area contributed by atoms with Crippen molar-refractivity contribution < 1.29 is 14.2 Å². The van der Waals surface area contributed by atoms with E-state index in [-0.39, 0.29) is 0 Å². The van der Waals surface area contributed by atoms with E-state index in [0.29, 0.717) is 47.0 Å². The van der Waals surface area contributed by atoms with Crippen LogP contribution in [0, 0.1) is 0 Å². The summed E-state index contributed by atoms with van der Waals surface area (Å²) < 4.78 is 17.8. The standard InChI is InChI=1S/C29H31ClN4O3/c1-35-22-10-11-24(30)25(16-22)33-29-28-26(31-20-32-29)17-23(37-19-21-8-3-2-4-9-21)18-27(28)36-15-7-14-34-12-5-6-13-34/h2-4,8-11,16-18,20H,5-7,12-15,19H2,1H3,(H,31,32,33). The van der Waals surface area contributed by atoms with Crippen LogP contribution < -0.4 is 19.5 Å². The molecule has 2 heterocycles. The average molecular weight is 519 g/mol. The second-order valence-electron chi connectivity index (χ2n) is 9.03. The minimum atomic E-state index is 0.455. The molecule has 1 saturated heterocycles. The van der Waals surface area contributed by atoms with Gasteiger partial charge in [-0.15, -0.1) is 0 Å². The summed E-state index contributed by atoms with van der Waals surface area (Å²) in [5.74, 6) is 2.66. The minimum Gasteiger partial charge on any atom is -0.497 e. The second kappa shape index (κ2) is 12.1. The average Bonchev–Trinajstić information content (AvgIpc) is 3.45. The molecule has 4 aromatic rings. The molecule has 0 spiro atoms. The first kappa shape index (κ1) is 25.1. The maximum Gasteiger partial charge on any atom is 0.145 e. The number of hydrogen-bond donors (Lipinski definition) is 1. The van der Waals surface area contributed by atoms with Crippen molar-refractivity contribution in [3.05, 3.63) is 77.6 Å². The Labute approximate surface area is 222 Å². The van der Waals surface area contributed by atoms with Crippen LogP contribution in [0.5, 0.6) is 17.2 Å². The summed E-state index contributed by atoms with van der Waals surface area (Å²) in [6.07, 6.45) is 5.03. The Balaban J connectivity index is 1.43. The van der Waals surface area contributed by atoms with Crippen molar-refractivity contribution in [3.63, 3.8) is 0 Å². The second-order valence-corrected chi connectivity index (χ2v) is 9.44.